The van der Waals surface area contributed by atoms with E-state index in [1.165, 1.54) is 31.2 Å². The van der Waals surface area contributed by atoms with Gasteiger partial charge in [-0.05, 0) is 37.3 Å². The van der Waals surface area contributed by atoms with Gasteiger partial charge in [0.15, 0.2) is 5.65 Å². The van der Waals surface area contributed by atoms with Crippen molar-refractivity contribution in [1.82, 2.24) is 19.8 Å². The van der Waals surface area contributed by atoms with Gasteiger partial charge in [0.25, 0.3) is 0 Å². The van der Waals surface area contributed by atoms with Gasteiger partial charge in [-0.2, -0.15) is 5.10 Å². The van der Waals surface area contributed by atoms with Crippen LogP contribution < -0.4 is 0 Å². The summed E-state index contributed by atoms with van der Waals surface area (Å²) < 4.78 is 1.60. The molecule has 0 bridgehead atoms. The van der Waals surface area contributed by atoms with Gasteiger partial charge in [-0.3, -0.25) is 0 Å². The molecule has 0 spiro atoms. The largest absolute Gasteiger partial charge is 0.210 e. The van der Waals surface area contributed by atoms with E-state index in [0.29, 0.717) is 5.92 Å². The highest BCUT2D eigenvalue weighted by molar-refractivity contribution is 5.39. The van der Waals surface area contributed by atoms with E-state index in [4.69, 9.17) is 0 Å². The number of aromatic nitrogens is 4. The van der Waals surface area contributed by atoms with Crippen molar-refractivity contribution in [2.24, 2.45) is 0 Å². The van der Waals surface area contributed by atoms with Gasteiger partial charge in [-0.25, -0.2) is 4.98 Å². The average molecular weight is 232 g/mol. The Hall–Kier alpha value is -1.45. The van der Waals surface area contributed by atoms with Crippen molar-refractivity contribution in [3.05, 3.63) is 23.7 Å². The molecule has 2 aromatic heterocycles. The molecule has 0 unspecified atom stereocenters. The summed E-state index contributed by atoms with van der Waals surface area (Å²) in [6, 6.07) is 2.13. The standard InChI is InChI=1S/C13H20N4/c1-4-6-11(7-5-2)12-8-13-15-10(3)16-17(13)14-9-12/h8-9,11H,4-7H2,1-3H3. The summed E-state index contributed by atoms with van der Waals surface area (Å²) in [5, 5.41) is 8.53. The Morgan fingerprint density at radius 3 is 2.59 bits per heavy atom. The third kappa shape index (κ3) is 2.62. The summed E-state index contributed by atoms with van der Waals surface area (Å²) in [5.41, 5.74) is 2.16. The van der Waals surface area contributed by atoms with Gasteiger partial charge < -0.3 is 0 Å². The first-order chi connectivity index (χ1) is 8.24. The first-order valence-electron chi connectivity index (χ1n) is 6.44. The molecule has 0 aliphatic carbocycles. The number of aryl methyl sites for hydroxylation is 1. The highest BCUT2D eigenvalue weighted by Gasteiger charge is 2.12. The van der Waals surface area contributed by atoms with Crippen LogP contribution in [0.25, 0.3) is 5.65 Å². The van der Waals surface area contributed by atoms with E-state index >= 15 is 0 Å². The lowest BCUT2D eigenvalue weighted by molar-refractivity contribution is 0.556. The Kier molecular flexibility index (Phi) is 3.71. The van der Waals surface area contributed by atoms with Crippen LogP contribution in [0.4, 0.5) is 0 Å². The van der Waals surface area contributed by atoms with E-state index < -0.39 is 0 Å². The molecular formula is C13H20N4. The second-order valence-corrected chi connectivity index (χ2v) is 4.57. The van der Waals surface area contributed by atoms with E-state index in [-0.39, 0.29) is 0 Å². The summed E-state index contributed by atoms with van der Waals surface area (Å²) >= 11 is 0. The lowest BCUT2D eigenvalue weighted by Crippen LogP contribution is -2.02. The molecule has 0 aliphatic rings. The molecule has 0 saturated carbocycles. The Bertz CT molecular complexity index is 483. The second-order valence-electron chi connectivity index (χ2n) is 4.57. The summed E-state index contributed by atoms with van der Waals surface area (Å²) in [7, 11) is 0. The molecule has 17 heavy (non-hydrogen) atoms. The molecule has 2 heterocycles. The van der Waals surface area contributed by atoms with Crippen molar-refractivity contribution < 1.29 is 0 Å². The first kappa shape index (κ1) is 12.0. The third-order valence-corrected chi connectivity index (χ3v) is 3.08. The summed E-state index contributed by atoms with van der Waals surface area (Å²) in [4.78, 5) is 4.37. The Balaban J connectivity index is 2.32. The minimum absolute atomic E-state index is 0.611. The van der Waals surface area contributed by atoms with Crippen molar-refractivity contribution in [3.8, 4) is 0 Å². The zero-order valence-electron chi connectivity index (χ0n) is 10.8. The lowest BCUT2D eigenvalue weighted by atomic mass is 9.92. The van der Waals surface area contributed by atoms with Crippen LogP contribution >= 0.6 is 0 Å². The van der Waals surface area contributed by atoms with Gasteiger partial charge >= 0.3 is 0 Å². The maximum absolute atomic E-state index is 4.37. The zero-order chi connectivity index (χ0) is 12.3. The maximum Gasteiger partial charge on any atom is 0.176 e. The quantitative estimate of drug-likeness (QED) is 0.795. The zero-order valence-corrected chi connectivity index (χ0v) is 10.8. The SMILES string of the molecule is CCCC(CCC)c1cnn2nc(C)nc2c1. The highest BCUT2D eigenvalue weighted by Crippen LogP contribution is 2.26. The van der Waals surface area contributed by atoms with Gasteiger partial charge in [0.05, 0.1) is 6.20 Å². The molecule has 2 aromatic rings. The topological polar surface area (TPSA) is 43.1 Å². The van der Waals surface area contributed by atoms with E-state index in [2.05, 4.69) is 35.1 Å². The van der Waals surface area contributed by atoms with Gasteiger partial charge in [0.2, 0.25) is 0 Å². The molecule has 92 valence electrons. The van der Waals surface area contributed by atoms with Gasteiger partial charge in [-0.15, -0.1) is 9.73 Å². The lowest BCUT2D eigenvalue weighted by Gasteiger charge is -2.14. The van der Waals surface area contributed by atoms with Crippen molar-refractivity contribution in [1.29, 1.82) is 0 Å². The van der Waals surface area contributed by atoms with Crippen molar-refractivity contribution in [2.75, 3.05) is 0 Å². The van der Waals surface area contributed by atoms with Crippen molar-refractivity contribution in [3.63, 3.8) is 0 Å². The van der Waals surface area contributed by atoms with Crippen LogP contribution in [0.2, 0.25) is 0 Å². The predicted molar refractivity (Wildman–Crippen MR) is 68.1 cm³/mol. The number of hydrogen-bond acceptors (Lipinski definition) is 3. The van der Waals surface area contributed by atoms with E-state index in [1.807, 2.05) is 13.1 Å². The summed E-state index contributed by atoms with van der Waals surface area (Å²) in [6.07, 6.45) is 6.80. The van der Waals surface area contributed by atoms with Crippen LogP contribution in [0.5, 0.6) is 0 Å². The van der Waals surface area contributed by atoms with Crippen LogP contribution in [0.3, 0.4) is 0 Å². The molecule has 0 N–H and O–H groups in total. The van der Waals surface area contributed by atoms with E-state index in [9.17, 15) is 0 Å². The number of nitrogens with zero attached hydrogens (tertiary/aromatic N) is 4. The first-order valence-corrected chi connectivity index (χ1v) is 6.44. The molecular weight excluding hydrogens is 212 g/mol. The fourth-order valence-electron chi connectivity index (χ4n) is 2.30. The van der Waals surface area contributed by atoms with Crippen molar-refractivity contribution >= 4 is 5.65 Å². The van der Waals surface area contributed by atoms with E-state index in [0.717, 1.165) is 11.5 Å². The normalized spacial score (nSPS) is 11.5. The van der Waals surface area contributed by atoms with Crippen LogP contribution in [0.15, 0.2) is 12.3 Å². The molecule has 4 heteroatoms. The Morgan fingerprint density at radius 1 is 1.24 bits per heavy atom. The molecule has 0 amide bonds. The van der Waals surface area contributed by atoms with Crippen LogP contribution in [-0.4, -0.2) is 19.8 Å². The third-order valence-electron chi connectivity index (χ3n) is 3.08. The number of fused-ring (bicyclic) bond motifs is 1. The second kappa shape index (κ2) is 5.25. The molecule has 4 nitrogen and oxygen atoms in total. The Labute approximate surface area is 102 Å². The molecule has 0 fully saturated rings. The minimum atomic E-state index is 0.611. The molecule has 0 atom stereocenters. The minimum Gasteiger partial charge on any atom is -0.210 e. The molecule has 0 aliphatic heterocycles. The number of hydrogen-bond donors (Lipinski definition) is 0. The molecule has 0 aromatic carbocycles. The fourth-order valence-corrected chi connectivity index (χ4v) is 2.30. The Morgan fingerprint density at radius 2 is 1.94 bits per heavy atom. The fraction of sp³-hybridized carbons (Fsp3) is 0.615. The highest BCUT2D eigenvalue weighted by atomic mass is 15.4. The van der Waals surface area contributed by atoms with Crippen LogP contribution in [-0.2, 0) is 0 Å². The predicted octanol–water partition coefficient (Wildman–Crippen LogP) is 3.12. The summed E-state index contributed by atoms with van der Waals surface area (Å²) in [6.45, 7) is 6.36. The van der Waals surface area contributed by atoms with E-state index in [1.54, 1.807) is 4.63 Å². The number of rotatable bonds is 5. The monoisotopic (exact) mass is 232 g/mol. The van der Waals surface area contributed by atoms with Gasteiger partial charge in [0.1, 0.15) is 5.82 Å². The van der Waals surface area contributed by atoms with Gasteiger partial charge in [-0.1, -0.05) is 26.7 Å². The van der Waals surface area contributed by atoms with Crippen molar-refractivity contribution in [2.45, 2.75) is 52.4 Å². The maximum atomic E-state index is 4.37. The van der Waals surface area contributed by atoms with Crippen LogP contribution in [0.1, 0.15) is 56.8 Å². The average Bonchev–Trinajstić information content (AvgIpc) is 2.67. The van der Waals surface area contributed by atoms with Gasteiger partial charge in [0, 0.05) is 0 Å². The van der Waals surface area contributed by atoms with Crippen LogP contribution in [0, 0.1) is 6.92 Å². The summed E-state index contributed by atoms with van der Waals surface area (Å²) in [5.74, 6) is 1.39. The molecule has 0 radical (unpaired) electrons. The molecule has 2 rings (SSSR count). The smallest absolute Gasteiger partial charge is 0.176 e. The molecule has 0 saturated heterocycles.